The Balaban J connectivity index is 2.43. The molecule has 78 valence electrons. The van der Waals surface area contributed by atoms with Crippen LogP contribution >= 0.6 is 0 Å². The van der Waals surface area contributed by atoms with Gasteiger partial charge in [-0.3, -0.25) is 9.18 Å². The van der Waals surface area contributed by atoms with Crippen LogP contribution in [0.4, 0.5) is 4.39 Å². The predicted octanol–water partition coefficient (Wildman–Crippen LogP) is 0.445. The summed E-state index contributed by atoms with van der Waals surface area (Å²) in [6, 6.07) is 0. The maximum Gasteiger partial charge on any atom is 0.328 e. The van der Waals surface area contributed by atoms with Gasteiger partial charge in [0, 0.05) is 31.2 Å². The maximum atomic E-state index is 12.2. The van der Waals surface area contributed by atoms with Crippen molar-refractivity contribution in [2.24, 2.45) is 5.92 Å². The van der Waals surface area contributed by atoms with E-state index in [4.69, 9.17) is 5.11 Å². The third-order valence-corrected chi connectivity index (χ3v) is 2.18. The van der Waals surface area contributed by atoms with Gasteiger partial charge < -0.3 is 10.0 Å². The number of likely N-dealkylation sites (tertiary alicyclic amines) is 1. The second-order valence-electron chi connectivity index (χ2n) is 3.26. The summed E-state index contributed by atoms with van der Waals surface area (Å²) in [5.74, 6) is -1.60. The van der Waals surface area contributed by atoms with E-state index < -0.39 is 12.6 Å². The molecule has 0 spiro atoms. The number of hydrogen-bond donors (Lipinski definition) is 1. The van der Waals surface area contributed by atoms with Gasteiger partial charge in [0.1, 0.15) is 0 Å². The lowest BCUT2D eigenvalue weighted by Gasteiger charge is -2.12. The van der Waals surface area contributed by atoms with Crippen molar-refractivity contribution in [3.8, 4) is 0 Å². The molecule has 14 heavy (non-hydrogen) atoms. The third kappa shape index (κ3) is 2.83. The van der Waals surface area contributed by atoms with Gasteiger partial charge >= 0.3 is 5.97 Å². The molecule has 0 aromatic heterocycles. The van der Waals surface area contributed by atoms with Crippen molar-refractivity contribution in [2.45, 2.75) is 6.42 Å². The Kier molecular flexibility index (Phi) is 3.62. The number of carbonyl (C=O) groups excluding carboxylic acids is 1. The lowest BCUT2D eigenvalue weighted by atomic mass is 10.1. The quantitative estimate of drug-likeness (QED) is 0.674. The fourth-order valence-electron chi connectivity index (χ4n) is 1.41. The number of halogens is 1. The van der Waals surface area contributed by atoms with E-state index in [1.165, 1.54) is 4.90 Å². The van der Waals surface area contributed by atoms with Crippen LogP contribution in [0.25, 0.3) is 0 Å². The van der Waals surface area contributed by atoms with Gasteiger partial charge in [-0.2, -0.15) is 0 Å². The van der Waals surface area contributed by atoms with E-state index in [9.17, 15) is 14.0 Å². The Bertz CT molecular complexity index is 265. The number of rotatable bonds is 3. The average molecular weight is 201 g/mol. The first kappa shape index (κ1) is 10.7. The molecule has 1 aliphatic rings. The molecule has 1 amide bonds. The summed E-state index contributed by atoms with van der Waals surface area (Å²) < 4.78 is 12.2. The topological polar surface area (TPSA) is 57.6 Å². The Hall–Kier alpha value is -1.39. The summed E-state index contributed by atoms with van der Waals surface area (Å²) in [6.07, 6.45) is 2.46. The van der Waals surface area contributed by atoms with E-state index in [-0.39, 0.29) is 11.8 Å². The zero-order chi connectivity index (χ0) is 10.6. The fraction of sp³-hybridized carbons (Fsp3) is 0.556. The molecule has 4 nitrogen and oxygen atoms in total. The molecule has 1 fully saturated rings. The third-order valence-electron chi connectivity index (χ3n) is 2.18. The molecule has 1 atom stereocenters. The summed E-state index contributed by atoms with van der Waals surface area (Å²) in [5.41, 5.74) is 0. The first-order valence-electron chi connectivity index (χ1n) is 4.39. The highest BCUT2D eigenvalue weighted by atomic mass is 19.1. The molecule has 0 bridgehead atoms. The minimum atomic E-state index is -1.15. The normalized spacial score (nSPS) is 21.8. The summed E-state index contributed by atoms with van der Waals surface area (Å²) in [7, 11) is 0. The van der Waals surface area contributed by atoms with Crippen molar-refractivity contribution in [3.05, 3.63) is 12.2 Å². The van der Waals surface area contributed by atoms with E-state index in [0.717, 1.165) is 12.2 Å². The zero-order valence-electron chi connectivity index (χ0n) is 7.65. The van der Waals surface area contributed by atoms with Gasteiger partial charge in [-0.05, 0) is 6.42 Å². The molecule has 1 N–H and O–H groups in total. The van der Waals surface area contributed by atoms with Crippen molar-refractivity contribution < 1.29 is 19.1 Å². The lowest BCUT2D eigenvalue weighted by molar-refractivity contribution is -0.132. The SMILES string of the molecule is O=C(O)/C=C/C(=O)N1CCC(CF)C1. The van der Waals surface area contributed by atoms with Crippen molar-refractivity contribution in [2.75, 3.05) is 19.8 Å². The highest BCUT2D eigenvalue weighted by Crippen LogP contribution is 2.16. The number of carboxylic acids is 1. The van der Waals surface area contributed by atoms with Gasteiger partial charge in [-0.25, -0.2) is 4.79 Å². The average Bonchev–Trinajstić information content (AvgIpc) is 2.62. The highest BCUT2D eigenvalue weighted by Gasteiger charge is 2.24. The number of aliphatic carboxylic acids is 1. The first-order valence-corrected chi connectivity index (χ1v) is 4.39. The Morgan fingerprint density at radius 3 is 2.71 bits per heavy atom. The molecule has 0 aromatic carbocycles. The van der Waals surface area contributed by atoms with Crippen LogP contribution in [-0.4, -0.2) is 41.6 Å². The summed E-state index contributed by atoms with van der Waals surface area (Å²) >= 11 is 0. The van der Waals surface area contributed by atoms with Crippen molar-refractivity contribution in [3.63, 3.8) is 0 Å². The molecule has 0 aromatic rings. The van der Waals surface area contributed by atoms with Crippen LogP contribution in [0.2, 0.25) is 0 Å². The smallest absolute Gasteiger partial charge is 0.328 e. The van der Waals surface area contributed by atoms with Crippen LogP contribution in [0.15, 0.2) is 12.2 Å². The van der Waals surface area contributed by atoms with Crippen LogP contribution in [0.5, 0.6) is 0 Å². The first-order chi connectivity index (χ1) is 6.63. The van der Waals surface area contributed by atoms with Crippen LogP contribution in [0.3, 0.4) is 0 Å². The number of carbonyl (C=O) groups is 2. The summed E-state index contributed by atoms with van der Waals surface area (Å²) in [6.45, 7) is 0.475. The number of alkyl halides is 1. The molecule has 1 unspecified atom stereocenters. The molecule has 0 radical (unpaired) electrons. The van der Waals surface area contributed by atoms with Crippen LogP contribution < -0.4 is 0 Å². The van der Waals surface area contributed by atoms with Crippen molar-refractivity contribution in [1.29, 1.82) is 0 Å². The summed E-state index contributed by atoms with van der Waals surface area (Å²) in [5, 5.41) is 8.29. The molecular formula is C9H12FNO3. The number of amides is 1. The van der Waals surface area contributed by atoms with E-state index in [0.29, 0.717) is 19.5 Å². The molecule has 1 rings (SSSR count). The minimum absolute atomic E-state index is 0.0859. The second-order valence-corrected chi connectivity index (χ2v) is 3.26. The number of carboxylic acid groups (broad SMARTS) is 1. The largest absolute Gasteiger partial charge is 0.478 e. The fourth-order valence-corrected chi connectivity index (χ4v) is 1.41. The zero-order valence-corrected chi connectivity index (χ0v) is 7.65. The lowest BCUT2D eigenvalue weighted by Crippen LogP contribution is -2.27. The molecule has 0 aliphatic carbocycles. The maximum absolute atomic E-state index is 12.2. The van der Waals surface area contributed by atoms with Crippen molar-refractivity contribution in [1.82, 2.24) is 4.90 Å². The van der Waals surface area contributed by atoms with Gasteiger partial charge in [-0.15, -0.1) is 0 Å². The van der Waals surface area contributed by atoms with Crippen LogP contribution in [0.1, 0.15) is 6.42 Å². The van der Waals surface area contributed by atoms with Crippen LogP contribution in [0, 0.1) is 5.92 Å². The van der Waals surface area contributed by atoms with Gasteiger partial charge in [-0.1, -0.05) is 0 Å². The van der Waals surface area contributed by atoms with Gasteiger partial charge in [0.15, 0.2) is 0 Å². The van der Waals surface area contributed by atoms with Crippen molar-refractivity contribution >= 4 is 11.9 Å². The standard InChI is InChI=1S/C9H12FNO3/c10-5-7-3-4-11(6-7)8(12)1-2-9(13)14/h1-2,7H,3-6H2,(H,13,14)/b2-1+. The number of nitrogens with zero attached hydrogens (tertiary/aromatic N) is 1. The second kappa shape index (κ2) is 4.74. The van der Waals surface area contributed by atoms with E-state index in [2.05, 4.69) is 0 Å². The molecule has 0 saturated carbocycles. The molecule has 1 saturated heterocycles. The Morgan fingerprint density at radius 2 is 2.21 bits per heavy atom. The molecule has 5 heteroatoms. The van der Waals surface area contributed by atoms with E-state index in [1.807, 2.05) is 0 Å². The van der Waals surface area contributed by atoms with Gasteiger partial charge in [0.05, 0.1) is 6.67 Å². The number of hydrogen-bond acceptors (Lipinski definition) is 2. The van der Waals surface area contributed by atoms with Gasteiger partial charge in [0.2, 0.25) is 5.91 Å². The van der Waals surface area contributed by atoms with E-state index >= 15 is 0 Å². The predicted molar refractivity (Wildman–Crippen MR) is 47.4 cm³/mol. The Labute approximate surface area is 81.0 Å². The summed E-state index contributed by atoms with van der Waals surface area (Å²) in [4.78, 5) is 22.8. The van der Waals surface area contributed by atoms with Crippen LogP contribution in [-0.2, 0) is 9.59 Å². The highest BCUT2D eigenvalue weighted by molar-refractivity contribution is 5.94. The molecular weight excluding hydrogens is 189 g/mol. The Morgan fingerprint density at radius 1 is 1.50 bits per heavy atom. The van der Waals surface area contributed by atoms with Gasteiger partial charge in [0.25, 0.3) is 0 Å². The van der Waals surface area contributed by atoms with E-state index in [1.54, 1.807) is 0 Å². The molecule has 1 aliphatic heterocycles. The minimum Gasteiger partial charge on any atom is -0.478 e. The monoisotopic (exact) mass is 201 g/mol. The molecule has 1 heterocycles.